The molecule has 1 aliphatic heterocycles. The highest BCUT2D eigenvalue weighted by molar-refractivity contribution is 5.77. The summed E-state index contributed by atoms with van der Waals surface area (Å²) >= 11 is 0. The van der Waals surface area contributed by atoms with E-state index < -0.39 is 12.1 Å². The molecule has 2 amide bonds. The van der Waals surface area contributed by atoms with Crippen LogP contribution in [0, 0.1) is 12.3 Å². The monoisotopic (exact) mass is 254 g/mol. The predicted molar refractivity (Wildman–Crippen MR) is 65.0 cm³/mol. The maximum Gasteiger partial charge on any atom is 0.334 e. The summed E-state index contributed by atoms with van der Waals surface area (Å²) in [7, 11) is 0. The minimum Gasteiger partial charge on any atom is -0.479 e. The van der Waals surface area contributed by atoms with E-state index in [0.717, 1.165) is 12.8 Å². The van der Waals surface area contributed by atoms with Crippen LogP contribution in [0.4, 0.5) is 4.79 Å². The lowest BCUT2D eigenvalue weighted by molar-refractivity contribution is -0.154. The molecule has 0 aromatic rings. The number of hydrogen-bond acceptors (Lipinski definition) is 3. The van der Waals surface area contributed by atoms with Gasteiger partial charge in [-0.3, -0.25) is 0 Å². The van der Waals surface area contributed by atoms with Crippen LogP contribution in [0.2, 0.25) is 0 Å². The Morgan fingerprint density at radius 2 is 2.28 bits per heavy atom. The quantitative estimate of drug-likeness (QED) is 0.546. The highest BCUT2D eigenvalue weighted by Crippen LogP contribution is 2.05. The van der Waals surface area contributed by atoms with Crippen molar-refractivity contribution in [1.82, 2.24) is 10.2 Å². The number of unbranched alkanes of at least 4 members (excludes halogenated alkanes) is 2. The van der Waals surface area contributed by atoms with Gasteiger partial charge in [-0.2, -0.15) is 0 Å². The van der Waals surface area contributed by atoms with Crippen LogP contribution in [0.5, 0.6) is 0 Å². The minimum absolute atomic E-state index is 0.0888. The molecule has 1 saturated heterocycles. The summed E-state index contributed by atoms with van der Waals surface area (Å²) in [5, 5.41) is 11.5. The van der Waals surface area contributed by atoms with Crippen molar-refractivity contribution in [3.63, 3.8) is 0 Å². The number of amides is 2. The van der Waals surface area contributed by atoms with Crippen molar-refractivity contribution in [2.75, 3.05) is 26.2 Å². The van der Waals surface area contributed by atoms with Gasteiger partial charge in [-0.15, -0.1) is 12.3 Å². The summed E-state index contributed by atoms with van der Waals surface area (Å²) in [6.45, 7) is 1.31. The molecule has 0 spiro atoms. The summed E-state index contributed by atoms with van der Waals surface area (Å²) in [5.41, 5.74) is 0. The van der Waals surface area contributed by atoms with E-state index in [-0.39, 0.29) is 19.2 Å². The number of carbonyl (C=O) groups excluding carboxylic acids is 1. The second-order valence-corrected chi connectivity index (χ2v) is 4.04. The van der Waals surface area contributed by atoms with Gasteiger partial charge in [0.2, 0.25) is 0 Å². The molecule has 18 heavy (non-hydrogen) atoms. The molecule has 1 atom stereocenters. The Morgan fingerprint density at radius 3 is 2.94 bits per heavy atom. The van der Waals surface area contributed by atoms with Crippen molar-refractivity contribution in [2.24, 2.45) is 0 Å². The second kappa shape index (κ2) is 7.56. The molecule has 6 heteroatoms. The molecule has 0 aliphatic carbocycles. The van der Waals surface area contributed by atoms with Crippen molar-refractivity contribution >= 4 is 12.0 Å². The number of carbonyl (C=O) groups is 2. The number of carboxylic acids is 1. The maximum absolute atomic E-state index is 11.7. The predicted octanol–water partition coefficient (Wildman–Crippen LogP) is 0.285. The summed E-state index contributed by atoms with van der Waals surface area (Å²) in [4.78, 5) is 23.9. The standard InChI is InChI=1S/C12H18N2O4/c1-2-3-4-5-6-13-12(17)14-7-8-18-10(9-14)11(15)16/h1,10H,3-9H2,(H,13,17)(H,15,16). The average molecular weight is 254 g/mol. The first-order valence-electron chi connectivity index (χ1n) is 5.96. The summed E-state index contributed by atoms with van der Waals surface area (Å²) in [6, 6.07) is -0.245. The fourth-order valence-corrected chi connectivity index (χ4v) is 1.64. The van der Waals surface area contributed by atoms with Gasteiger partial charge in [0.25, 0.3) is 0 Å². The Balaban J connectivity index is 2.24. The first-order chi connectivity index (χ1) is 8.65. The highest BCUT2D eigenvalue weighted by atomic mass is 16.5. The van der Waals surface area contributed by atoms with Crippen LogP contribution in [0.25, 0.3) is 0 Å². The Labute approximate surface area is 106 Å². The first-order valence-corrected chi connectivity index (χ1v) is 5.96. The first kappa shape index (κ1) is 14.3. The van der Waals surface area contributed by atoms with Gasteiger partial charge in [0, 0.05) is 19.5 Å². The van der Waals surface area contributed by atoms with Crippen molar-refractivity contribution in [1.29, 1.82) is 0 Å². The van der Waals surface area contributed by atoms with Crippen LogP contribution in [-0.2, 0) is 9.53 Å². The van der Waals surface area contributed by atoms with Crippen LogP contribution in [0.3, 0.4) is 0 Å². The number of rotatable bonds is 5. The molecule has 0 aromatic carbocycles. The third-order valence-electron chi connectivity index (χ3n) is 2.65. The molecule has 2 N–H and O–H groups in total. The van der Waals surface area contributed by atoms with Crippen molar-refractivity contribution in [2.45, 2.75) is 25.4 Å². The van der Waals surface area contributed by atoms with Crippen LogP contribution in [0.15, 0.2) is 0 Å². The number of ether oxygens (including phenoxy) is 1. The molecule has 0 saturated carbocycles. The van der Waals surface area contributed by atoms with Gasteiger partial charge in [0.15, 0.2) is 6.10 Å². The number of morpholine rings is 1. The van der Waals surface area contributed by atoms with E-state index in [1.54, 1.807) is 0 Å². The number of aliphatic carboxylic acids is 1. The number of terminal acetylenes is 1. The third-order valence-corrected chi connectivity index (χ3v) is 2.65. The zero-order valence-electron chi connectivity index (χ0n) is 10.2. The van der Waals surface area contributed by atoms with Gasteiger partial charge in [0.05, 0.1) is 13.2 Å². The van der Waals surface area contributed by atoms with E-state index in [4.69, 9.17) is 16.3 Å². The van der Waals surface area contributed by atoms with Crippen LogP contribution < -0.4 is 5.32 Å². The average Bonchev–Trinajstić information content (AvgIpc) is 2.38. The summed E-state index contributed by atoms with van der Waals surface area (Å²) < 4.78 is 5.03. The van der Waals surface area contributed by atoms with E-state index in [1.165, 1.54) is 4.90 Å². The Hall–Kier alpha value is -1.74. The van der Waals surface area contributed by atoms with Gasteiger partial charge in [-0.05, 0) is 12.8 Å². The number of carboxylic acid groups (broad SMARTS) is 1. The maximum atomic E-state index is 11.7. The van der Waals surface area contributed by atoms with E-state index in [9.17, 15) is 9.59 Å². The van der Waals surface area contributed by atoms with E-state index in [0.29, 0.717) is 19.5 Å². The van der Waals surface area contributed by atoms with Gasteiger partial charge < -0.3 is 20.1 Å². The summed E-state index contributed by atoms with van der Waals surface area (Å²) in [5.74, 6) is 1.49. The lowest BCUT2D eigenvalue weighted by Crippen LogP contribution is -2.51. The smallest absolute Gasteiger partial charge is 0.334 e. The van der Waals surface area contributed by atoms with Crippen molar-refractivity contribution < 1.29 is 19.4 Å². The van der Waals surface area contributed by atoms with Crippen molar-refractivity contribution in [3.8, 4) is 12.3 Å². The molecule has 6 nitrogen and oxygen atoms in total. The fourth-order valence-electron chi connectivity index (χ4n) is 1.64. The summed E-state index contributed by atoms with van der Waals surface area (Å²) in [6.07, 6.45) is 6.59. The minimum atomic E-state index is -1.04. The molecule has 1 rings (SSSR count). The second-order valence-electron chi connectivity index (χ2n) is 4.04. The number of hydrogen-bond donors (Lipinski definition) is 2. The fraction of sp³-hybridized carbons (Fsp3) is 0.667. The third kappa shape index (κ3) is 4.63. The van der Waals surface area contributed by atoms with Gasteiger partial charge in [0.1, 0.15) is 0 Å². The highest BCUT2D eigenvalue weighted by Gasteiger charge is 2.28. The largest absolute Gasteiger partial charge is 0.479 e. The van der Waals surface area contributed by atoms with Gasteiger partial charge >= 0.3 is 12.0 Å². The van der Waals surface area contributed by atoms with Crippen LogP contribution >= 0.6 is 0 Å². The molecular formula is C12H18N2O4. The zero-order valence-corrected chi connectivity index (χ0v) is 10.2. The van der Waals surface area contributed by atoms with Crippen LogP contribution in [0.1, 0.15) is 19.3 Å². The number of nitrogens with zero attached hydrogens (tertiary/aromatic N) is 1. The molecule has 0 aromatic heterocycles. The molecule has 100 valence electrons. The Kier molecular flexibility index (Phi) is 6.01. The van der Waals surface area contributed by atoms with Gasteiger partial charge in [-0.1, -0.05) is 0 Å². The van der Waals surface area contributed by atoms with E-state index in [2.05, 4.69) is 11.2 Å². The zero-order chi connectivity index (χ0) is 13.4. The molecule has 0 radical (unpaired) electrons. The SMILES string of the molecule is C#CCCCCNC(=O)N1CCOC(C(=O)O)C1. The molecular weight excluding hydrogens is 236 g/mol. The normalized spacial score (nSPS) is 19.1. The molecule has 1 unspecified atom stereocenters. The number of urea groups is 1. The van der Waals surface area contributed by atoms with Gasteiger partial charge in [-0.25, -0.2) is 9.59 Å². The van der Waals surface area contributed by atoms with E-state index >= 15 is 0 Å². The molecule has 1 heterocycles. The molecule has 0 bridgehead atoms. The Morgan fingerprint density at radius 1 is 1.50 bits per heavy atom. The van der Waals surface area contributed by atoms with Crippen LogP contribution in [-0.4, -0.2) is 54.4 Å². The lowest BCUT2D eigenvalue weighted by atomic mass is 10.2. The van der Waals surface area contributed by atoms with Crippen molar-refractivity contribution in [3.05, 3.63) is 0 Å². The molecule has 1 fully saturated rings. The topological polar surface area (TPSA) is 78.9 Å². The Bertz CT molecular complexity index is 337. The lowest BCUT2D eigenvalue weighted by Gasteiger charge is -2.30. The number of nitrogens with one attached hydrogen (secondary N) is 1. The van der Waals surface area contributed by atoms with E-state index in [1.807, 2.05) is 0 Å². The molecule has 1 aliphatic rings.